The van der Waals surface area contributed by atoms with Gasteiger partial charge in [0.1, 0.15) is 5.52 Å². The molecule has 0 atom stereocenters. The summed E-state index contributed by atoms with van der Waals surface area (Å²) in [7, 11) is 0. The average Bonchev–Trinajstić information content (AvgIpc) is 2.39. The van der Waals surface area contributed by atoms with Crippen LogP contribution in [0.1, 0.15) is 0 Å². The molecular weight excluding hydrogens is 341 g/mol. The fourth-order valence-electron chi connectivity index (χ4n) is 1.74. The molecule has 0 saturated carbocycles. The largest absolute Gasteiger partial charge is 0.327 e. The highest BCUT2D eigenvalue weighted by Gasteiger charge is 2.05. The molecule has 0 saturated heterocycles. The molecule has 4 nitrogen and oxygen atoms in total. The Morgan fingerprint density at radius 3 is 2.94 bits per heavy atom. The van der Waals surface area contributed by atoms with E-state index in [4.69, 9.17) is 0 Å². The molecular formula is C13H8IN3O. The third-order valence-corrected chi connectivity index (χ3v) is 3.26. The smallest absolute Gasteiger partial charge is 0.274 e. The number of benzene rings is 1. The second kappa shape index (κ2) is 4.49. The van der Waals surface area contributed by atoms with Crippen molar-refractivity contribution in [3.8, 4) is 11.4 Å². The van der Waals surface area contributed by atoms with Gasteiger partial charge < -0.3 is 4.98 Å². The lowest BCUT2D eigenvalue weighted by Crippen LogP contribution is -2.07. The third kappa shape index (κ3) is 2.01. The van der Waals surface area contributed by atoms with Crippen LogP contribution in [0.2, 0.25) is 0 Å². The van der Waals surface area contributed by atoms with Gasteiger partial charge in [0.15, 0.2) is 5.82 Å². The van der Waals surface area contributed by atoms with Crippen molar-refractivity contribution in [2.75, 3.05) is 0 Å². The lowest BCUT2D eigenvalue weighted by Gasteiger charge is -2.02. The summed E-state index contributed by atoms with van der Waals surface area (Å²) in [6, 6.07) is 9.65. The zero-order valence-electron chi connectivity index (χ0n) is 9.22. The van der Waals surface area contributed by atoms with Crippen molar-refractivity contribution < 1.29 is 0 Å². The minimum Gasteiger partial charge on any atom is -0.327 e. The van der Waals surface area contributed by atoms with Crippen molar-refractivity contribution in [3.05, 3.63) is 56.6 Å². The molecule has 0 aliphatic rings. The first kappa shape index (κ1) is 11.3. The van der Waals surface area contributed by atoms with Crippen molar-refractivity contribution in [2.24, 2.45) is 0 Å². The van der Waals surface area contributed by atoms with Gasteiger partial charge in [-0.2, -0.15) is 0 Å². The predicted octanol–water partition coefficient (Wildman–Crippen LogP) is 2.59. The van der Waals surface area contributed by atoms with Gasteiger partial charge >= 0.3 is 0 Å². The first-order valence-electron chi connectivity index (χ1n) is 5.34. The Bertz CT molecular complexity index is 782. The van der Waals surface area contributed by atoms with Gasteiger partial charge in [-0.25, -0.2) is 9.97 Å². The number of halogens is 1. The number of H-pyrrole nitrogens is 1. The highest BCUT2D eigenvalue weighted by atomic mass is 127. The predicted molar refractivity (Wildman–Crippen MR) is 78.3 cm³/mol. The summed E-state index contributed by atoms with van der Waals surface area (Å²) in [4.78, 5) is 22.9. The van der Waals surface area contributed by atoms with E-state index in [1.807, 2.05) is 24.3 Å². The van der Waals surface area contributed by atoms with Crippen molar-refractivity contribution in [2.45, 2.75) is 0 Å². The van der Waals surface area contributed by atoms with Crippen LogP contribution in [0.15, 0.2) is 47.5 Å². The molecule has 0 bridgehead atoms. The number of aromatic amines is 1. The molecule has 0 radical (unpaired) electrons. The molecule has 5 heteroatoms. The molecule has 2 aromatic heterocycles. The molecule has 2 heterocycles. The third-order valence-electron chi connectivity index (χ3n) is 2.59. The van der Waals surface area contributed by atoms with Gasteiger partial charge in [0.05, 0.1) is 0 Å². The minimum atomic E-state index is -0.193. The first-order chi connectivity index (χ1) is 8.74. The standard InChI is InChI=1S/C13H8IN3O/c14-10-3-1-2-8(6-10)12-16-7-9-4-5-15-13(18)11(9)17-12/h1-7H,(H,15,18). The van der Waals surface area contributed by atoms with E-state index in [1.165, 1.54) is 0 Å². The van der Waals surface area contributed by atoms with E-state index in [9.17, 15) is 4.79 Å². The second-order valence-corrected chi connectivity index (χ2v) is 5.06. The van der Waals surface area contributed by atoms with Crippen LogP contribution >= 0.6 is 22.6 Å². The van der Waals surface area contributed by atoms with Crippen LogP contribution in [0.5, 0.6) is 0 Å². The number of nitrogens with zero attached hydrogens (tertiary/aromatic N) is 2. The van der Waals surface area contributed by atoms with Crippen LogP contribution in [0.3, 0.4) is 0 Å². The summed E-state index contributed by atoms with van der Waals surface area (Å²) in [6.07, 6.45) is 3.27. The van der Waals surface area contributed by atoms with Crippen molar-refractivity contribution in [1.29, 1.82) is 0 Å². The Kier molecular flexibility index (Phi) is 2.83. The molecule has 3 aromatic rings. The molecule has 0 unspecified atom stereocenters. The lowest BCUT2D eigenvalue weighted by molar-refractivity contribution is 1.18. The van der Waals surface area contributed by atoms with Crippen LogP contribution < -0.4 is 5.56 Å². The number of hydrogen-bond donors (Lipinski definition) is 1. The monoisotopic (exact) mass is 349 g/mol. The minimum absolute atomic E-state index is 0.193. The fourth-order valence-corrected chi connectivity index (χ4v) is 2.28. The maximum atomic E-state index is 11.7. The van der Waals surface area contributed by atoms with E-state index in [-0.39, 0.29) is 5.56 Å². The molecule has 1 N–H and O–H groups in total. The normalized spacial score (nSPS) is 10.7. The van der Waals surface area contributed by atoms with Crippen LogP contribution in [0, 0.1) is 3.57 Å². The van der Waals surface area contributed by atoms with Crippen LogP contribution in [0.25, 0.3) is 22.3 Å². The number of fused-ring (bicyclic) bond motifs is 1. The van der Waals surface area contributed by atoms with Gasteiger partial charge in [-0.3, -0.25) is 4.79 Å². The summed E-state index contributed by atoms with van der Waals surface area (Å²) in [5, 5.41) is 0.744. The summed E-state index contributed by atoms with van der Waals surface area (Å²) in [5.41, 5.74) is 1.13. The van der Waals surface area contributed by atoms with Gasteiger partial charge in [-0.05, 0) is 40.8 Å². The molecule has 0 aliphatic carbocycles. The Hall–Kier alpha value is -1.76. The highest BCUT2D eigenvalue weighted by Crippen LogP contribution is 2.18. The maximum absolute atomic E-state index is 11.7. The van der Waals surface area contributed by atoms with Crippen molar-refractivity contribution in [1.82, 2.24) is 15.0 Å². The molecule has 0 spiro atoms. The first-order valence-corrected chi connectivity index (χ1v) is 6.42. The van der Waals surface area contributed by atoms with Gasteiger partial charge in [-0.1, -0.05) is 12.1 Å². The lowest BCUT2D eigenvalue weighted by atomic mass is 10.2. The number of hydrogen-bond acceptors (Lipinski definition) is 3. The van der Waals surface area contributed by atoms with Gasteiger partial charge in [0.25, 0.3) is 5.56 Å². The zero-order chi connectivity index (χ0) is 12.5. The second-order valence-electron chi connectivity index (χ2n) is 3.81. The Labute approximate surface area is 116 Å². The van der Waals surface area contributed by atoms with Crippen LogP contribution in [0.4, 0.5) is 0 Å². The number of rotatable bonds is 1. The maximum Gasteiger partial charge on any atom is 0.274 e. The van der Waals surface area contributed by atoms with E-state index in [1.54, 1.807) is 18.5 Å². The summed E-state index contributed by atoms with van der Waals surface area (Å²) in [5.74, 6) is 0.567. The molecule has 0 aliphatic heterocycles. The fraction of sp³-hybridized carbons (Fsp3) is 0. The summed E-state index contributed by atoms with van der Waals surface area (Å²) in [6.45, 7) is 0. The van der Waals surface area contributed by atoms with Gasteiger partial charge in [0, 0.05) is 26.9 Å². The zero-order valence-corrected chi connectivity index (χ0v) is 11.4. The SMILES string of the molecule is O=c1[nH]ccc2cnc(-c3cccc(I)c3)nc12. The highest BCUT2D eigenvalue weighted by molar-refractivity contribution is 14.1. The quantitative estimate of drug-likeness (QED) is 0.687. The molecule has 1 aromatic carbocycles. The molecule has 3 rings (SSSR count). The van der Waals surface area contributed by atoms with Crippen LogP contribution in [-0.4, -0.2) is 15.0 Å². The molecule has 88 valence electrons. The molecule has 18 heavy (non-hydrogen) atoms. The van der Waals surface area contributed by atoms with Crippen LogP contribution in [-0.2, 0) is 0 Å². The molecule has 0 amide bonds. The topological polar surface area (TPSA) is 58.6 Å². The van der Waals surface area contributed by atoms with Crippen molar-refractivity contribution in [3.63, 3.8) is 0 Å². The van der Waals surface area contributed by atoms with E-state index in [2.05, 4.69) is 37.5 Å². The molecule has 0 fully saturated rings. The Morgan fingerprint density at radius 1 is 1.22 bits per heavy atom. The van der Waals surface area contributed by atoms with Crippen molar-refractivity contribution >= 4 is 33.5 Å². The number of nitrogens with one attached hydrogen (secondary N) is 1. The average molecular weight is 349 g/mol. The van der Waals surface area contributed by atoms with E-state index in [0.717, 1.165) is 14.5 Å². The van der Waals surface area contributed by atoms with Gasteiger partial charge in [-0.15, -0.1) is 0 Å². The summed E-state index contributed by atoms with van der Waals surface area (Å²) >= 11 is 2.23. The van der Waals surface area contributed by atoms with Gasteiger partial charge in [0.2, 0.25) is 0 Å². The van der Waals surface area contributed by atoms with E-state index < -0.39 is 0 Å². The Morgan fingerprint density at radius 2 is 2.11 bits per heavy atom. The van der Waals surface area contributed by atoms with E-state index in [0.29, 0.717) is 11.3 Å². The number of aromatic nitrogens is 3. The Balaban J connectivity index is 2.25. The number of pyridine rings is 1. The van der Waals surface area contributed by atoms with E-state index >= 15 is 0 Å². The summed E-state index contributed by atoms with van der Waals surface area (Å²) < 4.78 is 1.11.